The minimum atomic E-state index is -2.29. The van der Waals surface area contributed by atoms with Crippen LogP contribution in [0.25, 0.3) is 0 Å². The molecule has 0 fully saturated rings. The van der Waals surface area contributed by atoms with E-state index in [1.807, 2.05) is 0 Å². The van der Waals surface area contributed by atoms with Crippen molar-refractivity contribution in [2.45, 2.75) is 6.10 Å². The van der Waals surface area contributed by atoms with Crippen LogP contribution in [0.1, 0.15) is 10.4 Å². The molecule has 1 atom stereocenters. The van der Waals surface area contributed by atoms with Crippen LogP contribution in [-0.2, 0) is 9.59 Å². The Morgan fingerprint density at radius 1 is 1.07 bits per heavy atom. The van der Waals surface area contributed by atoms with Gasteiger partial charge < -0.3 is 10.2 Å². The molecule has 0 saturated carbocycles. The topological polar surface area (TPSA) is 91.7 Å². The summed E-state index contributed by atoms with van der Waals surface area (Å²) in [5.41, 5.74) is 0.0581. The minimum absolute atomic E-state index is 0.0581. The number of rotatable bonds is 4. The lowest BCUT2D eigenvalue weighted by atomic mass is 10.0. The molecule has 0 spiro atoms. The summed E-state index contributed by atoms with van der Waals surface area (Å²) in [5, 5.41) is 17.2. The number of carboxylic acids is 1. The number of ketones is 2. The zero-order valence-corrected chi connectivity index (χ0v) is 7.58. The van der Waals surface area contributed by atoms with E-state index in [2.05, 4.69) is 0 Å². The van der Waals surface area contributed by atoms with Crippen molar-refractivity contribution in [2.24, 2.45) is 0 Å². The highest BCUT2D eigenvalue weighted by Gasteiger charge is 2.29. The zero-order chi connectivity index (χ0) is 11.4. The van der Waals surface area contributed by atoms with Gasteiger partial charge in [0, 0.05) is 5.56 Å². The van der Waals surface area contributed by atoms with Crippen molar-refractivity contribution in [2.75, 3.05) is 0 Å². The van der Waals surface area contributed by atoms with E-state index in [1.54, 1.807) is 6.07 Å². The third kappa shape index (κ3) is 2.47. The molecule has 1 aromatic rings. The number of hydrogen-bond donors (Lipinski definition) is 2. The summed E-state index contributed by atoms with van der Waals surface area (Å²) in [6, 6.07) is 7.46. The highest BCUT2D eigenvalue weighted by molar-refractivity contribution is 6.47. The van der Waals surface area contributed by atoms with Gasteiger partial charge in [0.1, 0.15) is 0 Å². The Labute approximate surface area is 85.0 Å². The van der Waals surface area contributed by atoms with Gasteiger partial charge in [0.25, 0.3) is 0 Å². The first-order valence-corrected chi connectivity index (χ1v) is 4.08. The van der Waals surface area contributed by atoms with Crippen molar-refractivity contribution in [3.8, 4) is 0 Å². The highest BCUT2D eigenvalue weighted by atomic mass is 16.4. The van der Waals surface area contributed by atoms with Crippen LogP contribution in [0, 0.1) is 0 Å². The summed E-state index contributed by atoms with van der Waals surface area (Å²) in [5.74, 6) is -4.08. The second-order valence-corrected chi connectivity index (χ2v) is 2.80. The number of hydrogen-bond acceptors (Lipinski definition) is 4. The Morgan fingerprint density at radius 2 is 1.60 bits per heavy atom. The molecule has 0 bridgehead atoms. The van der Waals surface area contributed by atoms with Crippen LogP contribution >= 0.6 is 0 Å². The molecule has 1 unspecified atom stereocenters. The Hall–Kier alpha value is -2.01. The van der Waals surface area contributed by atoms with E-state index < -0.39 is 23.6 Å². The van der Waals surface area contributed by atoms with E-state index in [-0.39, 0.29) is 5.56 Å². The third-order valence-corrected chi connectivity index (χ3v) is 1.74. The lowest BCUT2D eigenvalue weighted by molar-refractivity contribution is -0.150. The Morgan fingerprint density at radius 3 is 2.07 bits per heavy atom. The van der Waals surface area contributed by atoms with Gasteiger partial charge in [-0.3, -0.25) is 9.59 Å². The fourth-order valence-electron chi connectivity index (χ4n) is 0.968. The molecule has 1 aromatic carbocycles. The van der Waals surface area contributed by atoms with Gasteiger partial charge in [0.15, 0.2) is 0 Å². The lowest BCUT2D eigenvalue weighted by Gasteiger charge is -2.02. The predicted molar refractivity (Wildman–Crippen MR) is 49.4 cm³/mol. The number of carbonyl (C=O) groups is 3. The van der Waals surface area contributed by atoms with Crippen molar-refractivity contribution in [1.82, 2.24) is 0 Å². The first kappa shape index (κ1) is 11.1. The molecule has 2 N–H and O–H groups in total. The predicted octanol–water partition coefficient (Wildman–Crippen LogP) is -0.116. The minimum Gasteiger partial charge on any atom is -0.479 e. The molecule has 0 amide bonds. The van der Waals surface area contributed by atoms with Crippen molar-refractivity contribution in [3.05, 3.63) is 35.9 Å². The van der Waals surface area contributed by atoms with Gasteiger partial charge in [-0.25, -0.2) is 4.79 Å². The quantitative estimate of drug-likeness (QED) is 0.409. The molecule has 0 saturated heterocycles. The fourth-order valence-corrected chi connectivity index (χ4v) is 0.968. The van der Waals surface area contributed by atoms with Crippen molar-refractivity contribution >= 4 is 17.5 Å². The molecule has 0 aliphatic carbocycles. The van der Waals surface area contributed by atoms with Crippen LogP contribution in [0.2, 0.25) is 0 Å². The van der Waals surface area contributed by atoms with Crippen LogP contribution in [0.3, 0.4) is 0 Å². The maximum absolute atomic E-state index is 11.3. The first-order valence-electron chi connectivity index (χ1n) is 4.08. The van der Waals surface area contributed by atoms with Crippen LogP contribution in [0.15, 0.2) is 30.3 Å². The summed E-state index contributed by atoms with van der Waals surface area (Å²) in [6.45, 7) is 0. The zero-order valence-electron chi connectivity index (χ0n) is 7.58. The Balaban J connectivity index is 2.87. The Bertz CT molecular complexity index is 396. The highest BCUT2D eigenvalue weighted by Crippen LogP contribution is 2.02. The van der Waals surface area contributed by atoms with Crippen molar-refractivity contribution < 1.29 is 24.6 Å². The standard InChI is InChI=1S/C10H8O5/c11-7(6-4-2-1-3-5-6)8(12)9(13)10(14)15/h1-5,9,13H,(H,14,15). The SMILES string of the molecule is O=C(C(=O)C(O)C(=O)O)c1ccccc1. The van der Waals surface area contributed by atoms with E-state index in [4.69, 9.17) is 10.2 Å². The van der Waals surface area contributed by atoms with E-state index in [0.29, 0.717) is 0 Å². The molecule has 0 aliphatic rings. The molecule has 5 nitrogen and oxygen atoms in total. The molecular formula is C10H8O5. The summed E-state index contributed by atoms with van der Waals surface area (Å²) < 4.78 is 0. The summed E-state index contributed by atoms with van der Waals surface area (Å²) in [4.78, 5) is 32.7. The van der Waals surface area contributed by atoms with Crippen LogP contribution in [0.5, 0.6) is 0 Å². The molecule has 0 aliphatic heterocycles. The van der Waals surface area contributed by atoms with E-state index >= 15 is 0 Å². The molecule has 5 heteroatoms. The number of carbonyl (C=O) groups excluding carboxylic acids is 2. The van der Waals surface area contributed by atoms with Gasteiger partial charge in [0.05, 0.1) is 0 Å². The second-order valence-electron chi connectivity index (χ2n) is 2.80. The van der Waals surface area contributed by atoms with Gasteiger partial charge in [-0.15, -0.1) is 0 Å². The number of aliphatic hydroxyl groups is 1. The van der Waals surface area contributed by atoms with Crippen molar-refractivity contribution in [3.63, 3.8) is 0 Å². The Kier molecular flexibility index (Phi) is 3.30. The smallest absolute Gasteiger partial charge is 0.340 e. The molecule has 0 radical (unpaired) electrons. The van der Waals surface area contributed by atoms with E-state index in [1.165, 1.54) is 24.3 Å². The van der Waals surface area contributed by atoms with Crippen LogP contribution in [0.4, 0.5) is 0 Å². The van der Waals surface area contributed by atoms with E-state index in [9.17, 15) is 14.4 Å². The van der Waals surface area contributed by atoms with Gasteiger partial charge in [-0.05, 0) is 0 Å². The molecule has 0 aromatic heterocycles. The normalized spacial score (nSPS) is 11.8. The largest absolute Gasteiger partial charge is 0.479 e. The van der Waals surface area contributed by atoms with Gasteiger partial charge in [0.2, 0.25) is 17.7 Å². The molecule has 1 rings (SSSR count). The number of aliphatic hydroxyl groups excluding tert-OH is 1. The molecule has 0 heterocycles. The molecule has 15 heavy (non-hydrogen) atoms. The number of carboxylic acid groups (broad SMARTS) is 1. The molecular weight excluding hydrogens is 200 g/mol. The monoisotopic (exact) mass is 208 g/mol. The average Bonchev–Trinajstić information content (AvgIpc) is 2.27. The second kappa shape index (κ2) is 4.47. The van der Waals surface area contributed by atoms with Gasteiger partial charge in [-0.1, -0.05) is 30.3 Å². The van der Waals surface area contributed by atoms with Crippen LogP contribution in [-0.4, -0.2) is 33.9 Å². The summed E-state index contributed by atoms with van der Waals surface area (Å²) in [6.07, 6.45) is -2.29. The third-order valence-electron chi connectivity index (χ3n) is 1.74. The van der Waals surface area contributed by atoms with Gasteiger partial charge >= 0.3 is 5.97 Å². The van der Waals surface area contributed by atoms with Crippen molar-refractivity contribution in [1.29, 1.82) is 0 Å². The maximum atomic E-state index is 11.3. The average molecular weight is 208 g/mol. The number of Topliss-reactive ketones (excluding diaryl/α,β-unsaturated/α-hetero) is 2. The molecule has 78 valence electrons. The fraction of sp³-hybridized carbons (Fsp3) is 0.100. The van der Waals surface area contributed by atoms with Crippen LogP contribution < -0.4 is 0 Å². The number of aliphatic carboxylic acids is 1. The maximum Gasteiger partial charge on any atom is 0.340 e. The first-order chi connectivity index (χ1) is 7.04. The van der Waals surface area contributed by atoms with Gasteiger partial charge in [-0.2, -0.15) is 0 Å². The van der Waals surface area contributed by atoms with E-state index in [0.717, 1.165) is 0 Å². The summed E-state index contributed by atoms with van der Waals surface area (Å²) >= 11 is 0. The summed E-state index contributed by atoms with van der Waals surface area (Å²) in [7, 11) is 0. The lowest BCUT2D eigenvalue weighted by Crippen LogP contribution is -2.35. The number of benzene rings is 1.